The number of anilines is 1. The van der Waals surface area contributed by atoms with E-state index in [1.165, 1.54) is 21.7 Å². The lowest BCUT2D eigenvalue weighted by atomic mass is 10.1. The van der Waals surface area contributed by atoms with Gasteiger partial charge < -0.3 is 4.90 Å². The maximum absolute atomic E-state index is 13.4. The molecule has 42 heavy (non-hydrogen) atoms. The van der Waals surface area contributed by atoms with Crippen LogP contribution >= 0.6 is 0 Å². The molecule has 1 saturated heterocycles. The van der Waals surface area contributed by atoms with Crippen LogP contribution in [0.25, 0.3) is 0 Å². The van der Waals surface area contributed by atoms with E-state index in [-0.39, 0.29) is 34.7 Å². The maximum atomic E-state index is 13.4. The number of aliphatic imine (C=N–C) groups is 1. The molecule has 218 valence electrons. The fraction of sp³-hybridized carbons (Fsp3) is 0.433. The van der Waals surface area contributed by atoms with Gasteiger partial charge in [0, 0.05) is 63.0 Å². The van der Waals surface area contributed by atoms with E-state index in [0.29, 0.717) is 80.3 Å². The molecule has 0 bridgehead atoms. The number of rotatable bonds is 10. The van der Waals surface area contributed by atoms with E-state index < -0.39 is 5.95 Å². The first-order valence-electron chi connectivity index (χ1n) is 14.5. The molecule has 5 heterocycles. The van der Waals surface area contributed by atoms with E-state index in [4.69, 9.17) is 4.99 Å². The first-order chi connectivity index (χ1) is 20.4. The van der Waals surface area contributed by atoms with Gasteiger partial charge in [-0.25, -0.2) is 19.8 Å². The molecule has 2 aliphatic heterocycles. The number of likely N-dealkylation sites (tertiary alicyclic amines) is 1. The number of amides is 2. The summed E-state index contributed by atoms with van der Waals surface area (Å²) in [5.41, 5.74) is 1.46. The highest BCUT2D eigenvalue weighted by molar-refractivity contribution is 6.07. The molecule has 3 aliphatic rings. The Hall–Kier alpha value is -4.48. The number of nitrogens with zero attached hydrogens (tertiary/aromatic N) is 7. The fourth-order valence-corrected chi connectivity index (χ4v) is 5.63. The average Bonchev–Trinajstić information content (AvgIpc) is 3.59. The standard InChI is InChI=1S/C30H32FN7O4/c1-2-12-37-29(41)22-16-23(34-27(22)38(30(37)42)21-8-9-21)19-7-11-25(33-17-19)36(15-4-14-35-13-3-5-26(35)39)28(40)20-6-10-24(31)32-18-20/h6-7,10-11,17-18,21H,2-5,8-9,12-16H2,1H3. The zero-order valence-electron chi connectivity index (χ0n) is 23.5. The Bertz CT molecular complexity index is 1670. The average molecular weight is 574 g/mol. The zero-order chi connectivity index (χ0) is 29.4. The fourth-order valence-electron chi connectivity index (χ4n) is 5.63. The van der Waals surface area contributed by atoms with Crippen molar-refractivity contribution in [3.63, 3.8) is 0 Å². The molecule has 1 saturated carbocycles. The Labute approximate surface area is 241 Å². The lowest BCUT2D eigenvalue weighted by Gasteiger charge is -2.23. The molecule has 2 fully saturated rings. The molecule has 0 atom stereocenters. The lowest BCUT2D eigenvalue weighted by molar-refractivity contribution is -0.127. The Kier molecular flexibility index (Phi) is 7.53. The highest BCUT2D eigenvalue weighted by Crippen LogP contribution is 2.39. The highest BCUT2D eigenvalue weighted by Gasteiger charge is 2.33. The van der Waals surface area contributed by atoms with Crippen molar-refractivity contribution in [2.24, 2.45) is 4.99 Å². The first kappa shape index (κ1) is 27.7. The van der Waals surface area contributed by atoms with Crippen LogP contribution in [-0.4, -0.2) is 61.2 Å². The van der Waals surface area contributed by atoms with Gasteiger partial charge in [0.1, 0.15) is 11.6 Å². The number of pyridine rings is 2. The smallest absolute Gasteiger partial charge is 0.332 e. The third kappa shape index (κ3) is 5.28. The number of carbonyl (C=O) groups is 2. The van der Waals surface area contributed by atoms with Gasteiger partial charge in [-0.15, -0.1) is 0 Å². The Morgan fingerprint density at radius 3 is 2.55 bits per heavy atom. The molecule has 0 unspecified atom stereocenters. The van der Waals surface area contributed by atoms with Crippen molar-refractivity contribution < 1.29 is 14.0 Å². The highest BCUT2D eigenvalue weighted by atomic mass is 19.1. The summed E-state index contributed by atoms with van der Waals surface area (Å²) in [5.74, 6) is -0.121. The quantitative estimate of drug-likeness (QED) is 0.344. The molecule has 2 amide bonds. The minimum Gasteiger partial charge on any atom is -0.343 e. The largest absolute Gasteiger partial charge is 0.343 e. The Balaban J connectivity index is 1.27. The van der Waals surface area contributed by atoms with E-state index in [0.717, 1.165) is 25.3 Å². The summed E-state index contributed by atoms with van der Waals surface area (Å²) >= 11 is 0. The molecule has 12 heteroatoms. The van der Waals surface area contributed by atoms with Gasteiger partial charge in [0.2, 0.25) is 11.9 Å². The summed E-state index contributed by atoms with van der Waals surface area (Å²) in [6.07, 6.45) is 7.46. The van der Waals surface area contributed by atoms with E-state index in [1.54, 1.807) is 27.8 Å². The number of halogens is 1. The van der Waals surface area contributed by atoms with Gasteiger partial charge in [0.05, 0.1) is 16.8 Å². The normalized spacial score (nSPS) is 16.1. The molecule has 0 N–H and O–H groups in total. The molecule has 11 nitrogen and oxygen atoms in total. The number of aromatic nitrogens is 4. The molecule has 3 aromatic rings. The molecule has 0 spiro atoms. The SMILES string of the molecule is CCCn1c(=O)c2c(n(C3CC3)c1=O)N=C(c1ccc(N(CCCN3CCCC3=O)C(=O)c3ccc(F)nc3)nc1)C2. The molecule has 1 aliphatic carbocycles. The predicted molar refractivity (Wildman–Crippen MR) is 154 cm³/mol. The molecule has 0 aromatic carbocycles. The zero-order valence-corrected chi connectivity index (χ0v) is 23.5. The van der Waals surface area contributed by atoms with Crippen molar-refractivity contribution >= 4 is 29.2 Å². The van der Waals surface area contributed by atoms with Gasteiger partial charge >= 0.3 is 5.69 Å². The van der Waals surface area contributed by atoms with Gasteiger partial charge in [-0.1, -0.05) is 6.92 Å². The minimum atomic E-state index is -0.681. The summed E-state index contributed by atoms with van der Waals surface area (Å²) < 4.78 is 16.4. The van der Waals surface area contributed by atoms with Crippen LogP contribution in [-0.2, 0) is 17.8 Å². The van der Waals surface area contributed by atoms with Gasteiger partial charge in [0.15, 0.2) is 0 Å². The van der Waals surface area contributed by atoms with Crippen molar-refractivity contribution in [3.8, 4) is 0 Å². The van der Waals surface area contributed by atoms with E-state index in [1.807, 2.05) is 6.92 Å². The number of fused-ring (bicyclic) bond motifs is 1. The topological polar surface area (TPSA) is 123 Å². The minimum absolute atomic E-state index is 0.0648. The van der Waals surface area contributed by atoms with Crippen molar-refractivity contribution in [2.75, 3.05) is 24.5 Å². The lowest BCUT2D eigenvalue weighted by Crippen LogP contribution is -2.41. The third-order valence-corrected chi connectivity index (χ3v) is 7.94. The monoisotopic (exact) mass is 573 g/mol. The third-order valence-electron chi connectivity index (χ3n) is 7.94. The van der Waals surface area contributed by atoms with E-state index in [9.17, 15) is 23.6 Å². The van der Waals surface area contributed by atoms with Gasteiger partial charge in [-0.05, 0) is 56.4 Å². The van der Waals surface area contributed by atoms with E-state index >= 15 is 0 Å². The van der Waals surface area contributed by atoms with Gasteiger partial charge in [-0.2, -0.15) is 4.39 Å². The second-order valence-corrected chi connectivity index (χ2v) is 10.9. The van der Waals surface area contributed by atoms with E-state index in [2.05, 4.69) is 9.97 Å². The van der Waals surface area contributed by atoms with Crippen LogP contribution in [0.4, 0.5) is 16.0 Å². The van der Waals surface area contributed by atoms with Gasteiger partial charge in [0.25, 0.3) is 11.5 Å². The van der Waals surface area contributed by atoms with Crippen LogP contribution < -0.4 is 16.1 Å². The van der Waals surface area contributed by atoms with Crippen LogP contribution in [0.5, 0.6) is 0 Å². The van der Waals surface area contributed by atoms with Crippen LogP contribution in [0.3, 0.4) is 0 Å². The summed E-state index contributed by atoms with van der Waals surface area (Å²) in [7, 11) is 0. The maximum Gasteiger partial charge on any atom is 0.332 e. The number of hydrogen-bond donors (Lipinski definition) is 0. The summed E-state index contributed by atoms with van der Waals surface area (Å²) in [6, 6.07) is 6.08. The summed E-state index contributed by atoms with van der Waals surface area (Å²) in [4.78, 5) is 68.0. The van der Waals surface area contributed by atoms with Crippen LogP contribution in [0.2, 0.25) is 0 Å². The Morgan fingerprint density at radius 1 is 1.07 bits per heavy atom. The molecular formula is C30H32FN7O4. The number of hydrogen-bond acceptors (Lipinski definition) is 7. The molecule has 6 rings (SSSR count). The van der Waals surface area contributed by atoms with Crippen molar-refractivity contribution in [1.29, 1.82) is 0 Å². The van der Waals surface area contributed by atoms with Crippen LogP contribution in [0, 0.1) is 5.95 Å². The second kappa shape index (κ2) is 11.4. The molecule has 0 radical (unpaired) electrons. The predicted octanol–water partition coefficient (Wildman–Crippen LogP) is 3.02. The van der Waals surface area contributed by atoms with Crippen molar-refractivity contribution in [2.45, 2.75) is 64.5 Å². The van der Waals surface area contributed by atoms with Crippen molar-refractivity contribution in [1.82, 2.24) is 24.0 Å². The summed E-state index contributed by atoms with van der Waals surface area (Å²) in [6.45, 7) is 3.83. The Morgan fingerprint density at radius 2 is 1.90 bits per heavy atom. The van der Waals surface area contributed by atoms with Crippen molar-refractivity contribution in [3.05, 3.63) is 80.1 Å². The number of carbonyl (C=O) groups excluding carboxylic acids is 2. The molecule has 3 aromatic heterocycles. The van der Waals surface area contributed by atoms with Gasteiger partial charge in [-0.3, -0.25) is 28.4 Å². The first-order valence-corrected chi connectivity index (χ1v) is 14.5. The second-order valence-electron chi connectivity index (χ2n) is 10.9. The van der Waals surface area contributed by atoms with Crippen LogP contribution in [0.1, 0.15) is 73.0 Å². The summed E-state index contributed by atoms with van der Waals surface area (Å²) in [5, 5.41) is 0. The molecular weight excluding hydrogens is 541 g/mol. The van der Waals surface area contributed by atoms with Crippen LogP contribution in [0.15, 0.2) is 51.2 Å².